The maximum absolute atomic E-state index is 12.1. The fourth-order valence-electron chi connectivity index (χ4n) is 2.63. The zero-order chi connectivity index (χ0) is 16.2. The molecule has 1 aromatic heterocycles. The molecule has 1 fully saturated rings. The minimum absolute atomic E-state index is 0.259. The number of carbonyl (C=O) groups is 2. The summed E-state index contributed by atoms with van der Waals surface area (Å²) < 4.78 is 0. The van der Waals surface area contributed by atoms with E-state index in [1.165, 1.54) is 18.0 Å². The number of aromatic nitrogens is 1. The SMILES string of the molecule is CN1CCN(c2ccc(NC(=O)c3cc(C=O)c[nH]3)cc2)CC1. The van der Waals surface area contributed by atoms with Crippen molar-refractivity contribution in [1.29, 1.82) is 0 Å². The van der Waals surface area contributed by atoms with Crippen LogP contribution in [0.2, 0.25) is 0 Å². The summed E-state index contributed by atoms with van der Waals surface area (Å²) in [6.07, 6.45) is 2.22. The van der Waals surface area contributed by atoms with Gasteiger partial charge in [-0.2, -0.15) is 0 Å². The molecule has 0 unspecified atom stereocenters. The van der Waals surface area contributed by atoms with Gasteiger partial charge in [0, 0.05) is 49.3 Å². The summed E-state index contributed by atoms with van der Waals surface area (Å²) in [7, 11) is 2.13. The van der Waals surface area contributed by atoms with Gasteiger partial charge in [-0.05, 0) is 37.4 Å². The Labute approximate surface area is 135 Å². The fraction of sp³-hybridized carbons (Fsp3) is 0.294. The first-order valence-corrected chi connectivity index (χ1v) is 7.64. The van der Waals surface area contributed by atoms with E-state index in [9.17, 15) is 9.59 Å². The number of H-pyrrole nitrogens is 1. The number of benzene rings is 1. The highest BCUT2D eigenvalue weighted by Gasteiger charge is 2.14. The molecule has 3 rings (SSSR count). The molecule has 1 saturated heterocycles. The van der Waals surface area contributed by atoms with E-state index in [1.807, 2.05) is 24.3 Å². The predicted molar refractivity (Wildman–Crippen MR) is 90.3 cm³/mol. The molecule has 0 aliphatic carbocycles. The van der Waals surface area contributed by atoms with E-state index in [2.05, 4.69) is 27.1 Å². The average molecular weight is 312 g/mol. The van der Waals surface area contributed by atoms with Crippen LogP contribution in [0.25, 0.3) is 0 Å². The second-order valence-electron chi connectivity index (χ2n) is 5.76. The number of hydrogen-bond acceptors (Lipinski definition) is 4. The van der Waals surface area contributed by atoms with Crippen LogP contribution in [-0.2, 0) is 0 Å². The van der Waals surface area contributed by atoms with E-state index in [-0.39, 0.29) is 5.91 Å². The van der Waals surface area contributed by atoms with Gasteiger partial charge in [-0.25, -0.2) is 0 Å². The number of likely N-dealkylation sites (N-methyl/N-ethyl adjacent to an activating group) is 1. The van der Waals surface area contributed by atoms with Gasteiger partial charge in [0.1, 0.15) is 5.69 Å². The Bertz CT molecular complexity index is 685. The highest BCUT2D eigenvalue weighted by Crippen LogP contribution is 2.19. The van der Waals surface area contributed by atoms with Crippen molar-refractivity contribution in [2.75, 3.05) is 43.4 Å². The van der Waals surface area contributed by atoms with E-state index in [1.54, 1.807) is 0 Å². The lowest BCUT2D eigenvalue weighted by molar-refractivity contribution is 0.102. The lowest BCUT2D eigenvalue weighted by Gasteiger charge is -2.34. The number of nitrogens with one attached hydrogen (secondary N) is 2. The van der Waals surface area contributed by atoms with E-state index in [0.717, 1.165) is 31.9 Å². The predicted octanol–water partition coefficient (Wildman–Crippen LogP) is 1.83. The zero-order valence-electron chi connectivity index (χ0n) is 13.1. The molecule has 23 heavy (non-hydrogen) atoms. The maximum atomic E-state index is 12.1. The second-order valence-corrected chi connectivity index (χ2v) is 5.76. The molecule has 1 aromatic carbocycles. The van der Waals surface area contributed by atoms with Crippen molar-refractivity contribution < 1.29 is 9.59 Å². The monoisotopic (exact) mass is 312 g/mol. The molecule has 0 saturated carbocycles. The van der Waals surface area contributed by atoms with Crippen LogP contribution in [0.3, 0.4) is 0 Å². The molecule has 0 spiro atoms. The van der Waals surface area contributed by atoms with Gasteiger partial charge in [0.15, 0.2) is 6.29 Å². The molecule has 2 heterocycles. The van der Waals surface area contributed by atoms with Crippen molar-refractivity contribution in [1.82, 2.24) is 9.88 Å². The number of rotatable bonds is 4. The largest absolute Gasteiger partial charge is 0.369 e. The summed E-state index contributed by atoms with van der Waals surface area (Å²) in [5, 5.41) is 2.82. The van der Waals surface area contributed by atoms with Crippen molar-refractivity contribution in [3.8, 4) is 0 Å². The third-order valence-electron chi connectivity index (χ3n) is 4.08. The van der Waals surface area contributed by atoms with Crippen LogP contribution in [-0.4, -0.2) is 55.3 Å². The van der Waals surface area contributed by atoms with Crippen LogP contribution in [0.4, 0.5) is 11.4 Å². The lowest BCUT2D eigenvalue weighted by atomic mass is 10.2. The Balaban J connectivity index is 1.63. The molecule has 120 valence electrons. The van der Waals surface area contributed by atoms with Gasteiger partial charge in [0.05, 0.1) is 0 Å². The topological polar surface area (TPSA) is 68.4 Å². The summed E-state index contributed by atoms with van der Waals surface area (Å²) in [6, 6.07) is 9.37. The van der Waals surface area contributed by atoms with Gasteiger partial charge in [0.25, 0.3) is 5.91 Å². The Morgan fingerprint density at radius 2 is 1.87 bits per heavy atom. The molecule has 1 aliphatic rings. The normalized spacial score (nSPS) is 15.4. The number of hydrogen-bond donors (Lipinski definition) is 2. The molecular weight excluding hydrogens is 292 g/mol. The molecule has 0 radical (unpaired) electrons. The van der Waals surface area contributed by atoms with Crippen molar-refractivity contribution >= 4 is 23.6 Å². The molecule has 2 aromatic rings. The number of amides is 1. The number of piperazine rings is 1. The highest BCUT2D eigenvalue weighted by molar-refractivity contribution is 6.03. The molecule has 2 N–H and O–H groups in total. The first kappa shape index (κ1) is 15.3. The molecular formula is C17H20N4O2. The van der Waals surface area contributed by atoms with Crippen LogP contribution in [0.15, 0.2) is 36.5 Å². The van der Waals surface area contributed by atoms with Crippen molar-refractivity contribution in [3.05, 3.63) is 47.8 Å². The van der Waals surface area contributed by atoms with E-state index >= 15 is 0 Å². The van der Waals surface area contributed by atoms with Crippen LogP contribution in [0.1, 0.15) is 20.8 Å². The molecule has 1 amide bonds. The van der Waals surface area contributed by atoms with Gasteiger partial charge >= 0.3 is 0 Å². The first-order chi connectivity index (χ1) is 11.2. The van der Waals surface area contributed by atoms with Gasteiger partial charge in [0.2, 0.25) is 0 Å². The van der Waals surface area contributed by atoms with Crippen molar-refractivity contribution in [3.63, 3.8) is 0 Å². The van der Waals surface area contributed by atoms with Gasteiger partial charge < -0.3 is 20.1 Å². The third-order valence-corrected chi connectivity index (χ3v) is 4.08. The van der Waals surface area contributed by atoms with E-state index in [0.29, 0.717) is 17.5 Å². The fourth-order valence-corrected chi connectivity index (χ4v) is 2.63. The molecule has 0 atom stereocenters. The summed E-state index contributed by atoms with van der Waals surface area (Å²) in [4.78, 5) is 30.2. The van der Waals surface area contributed by atoms with E-state index in [4.69, 9.17) is 0 Å². The van der Waals surface area contributed by atoms with Crippen LogP contribution >= 0.6 is 0 Å². The average Bonchev–Trinajstić information content (AvgIpc) is 3.06. The Kier molecular flexibility index (Phi) is 4.43. The Hall–Kier alpha value is -2.60. The summed E-state index contributed by atoms with van der Waals surface area (Å²) in [6.45, 7) is 4.15. The number of anilines is 2. The Morgan fingerprint density at radius 1 is 1.17 bits per heavy atom. The number of aromatic amines is 1. The molecule has 1 aliphatic heterocycles. The van der Waals surface area contributed by atoms with Gasteiger partial charge in [-0.15, -0.1) is 0 Å². The molecule has 6 heteroatoms. The number of aldehydes is 1. The highest BCUT2D eigenvalue weighted by atomic mass is 16.2. The molecule has 0 bridgehead atoms. The number of nitrogens with zero attached hydrogens (tertiary/aromatic N) is 2. The minimum Gasteiger partial charge on any atom is -0.369 e. The first-order valence-electron chi connectivity index (χ1n) is 7.64. The molecule has 6 nitrogen and oxygen atoms in total. The van der Waals surface area contributed by atoms with Gasteiger partial charge in [-0.3, -0.25) is 9.59 Å². The second kappa shape index (κ2) is 6.66. The van der Waals surface area contributed by atoms with Crippen molar-refractivity contribution in [2.45, 2.75) is 0 Å². The third kappa shape index (κ3) is 3.60. The maximum Gasteiger partial charge on any atom is 0.272 e. The van der Waals surface area contributed by atoms with Crippen LogP contribution in [0, 0.1) is 0 Å². The zero-order valence-corrected chi connectivity index (χ0v) is 13.1. The lowest BCUT2D eigenvalue weighted by Crippen LogP contribution is -2.44. The summed E-state index contributed by atoms with van der Waals surface area (Å²) in [5.74, 6) is -0.259. The smallest absolute Gasteiger partial charge is 0.272 e. The quantitative estimate of drug-likeness (QED) is 0.845. The van der Waals surface area contributed by atoms with E-state index < -0.39 is 0 Å². The Morgan fingerprint density at radius 3 is 2.48 bits per heavy atom. The minimum atomic E-state index is -0.259. The summed E-state index contributed by atoms with van der Waals surface area (Å²) >= 11 is 0. The standard InChI is InChI=1S/C17H20N4O2/c1-20-6-8-21(9-7-20)15-4-2-14(3-5-15)19-17(23)16-10-13(12-22)11-18-16/h2-5,10-12,18H,6-9H2,1H3,(H,19,23). The van der Waals surface area contributed by atoms with Crippen molar-refractivity contribution in [2.24, 2.45) is 0 Å². The van der Waals surface area contributed by atoms with Gasteiger partial charge in [-0.1, -0.05) is 0 Å². The van der Waals surface area contributed by atoms with Crippen LogP contribution in [0.5, 0.6) is 0 Å². The van der Waals surface area contributed by atoms with Crippen LogP contribution < -0.4 is 10.2 Å². The summed E-state index contributed by atoms with van der Waals surface area (Å²) in [5.41, 5.74) is 2.73. The number of carbonyl (C=O) groups excluding carboxylic acids is 2.